The summed E-state index contributed by atoms with van der Waals surface area (Å²) in [5, 5.41) is 7.44. The second kappa shape index (κ2) is 7.21. The van der Waals surface area contributed by atoms with Crippen molar-refractivity contribution in [3.63, 3.8) is 0 Å². The third-order valence-corrected chi connectivity index (χ3v) is 5.63. The molecule has 0 saturated carbocycles. The molecule has 2 aromatic rings. The summed E-state index contributed by atoms with van der Waals surface area (Å²) in [7, 11) is 0. The van der Waals surface area contributed by atoms with Crippen LogP contribution in [0.2, 0.25) is 0 Å². The van der Waals surface area contributed by atoms with Crippen molar-refractivity contribution in [3.05, 3.63) is 52.4 Å². The van der Waals surface area contributed by atoms with Gasteiger partial charge in [-0.2, -0.15) is 0 Å². The standard InChI is InChI=1S/C20H26N4O2/c1-14-18(15(2)26-22-14)13-23-7-9-24(10-8-23)20(25)19-11-16-5-3-4-6-17(16)12-21-19/h3-6,19,21H,7-13H2,1-2H3. The predicted octanol–water partition coefficient (Wildman–Crippen LogP) is 1.65. The molecule has 3 heterocycles. The molecule has 6 heteroatoms. The lowest BCUT2D eigenvalue weighted by Gasteiger charge is -2.37. The summed E-state index contributed by atoms with van der Waals surface area (Å²) >= 11 is 0. The molecule has 138 valence electrons. The molecule has 1 N–H and O–H groups in total. The topological polar surface area (TPSA) is 61.6 Å². The Labute approximate surface area is 154 Å². The van der Waals surface area contributed by atoms with E-state index in [0.717, 1.165) is 57.1 Å². The highest BCUT2D eigenvalue weighted by Crippen LogP contribution is 2.19. The van der Waals surface area contributed by atoms with E-state index in [9.17, 15) is 4.79 Å². The number of nitrogens with zero attached hydrogens (tertiary/aromatic N) is 3. The van der Waals surface area contributed by atoms with Crippen molar-refractivity contribution in [1.82, 2.24) is 20.3 Å². The van der Waals surface area contributed by atoms with E-state index in [1.54, 1.807) is 0 Å². The summed E-state index contributed by atoms with van der Waals surface area (Å²) in [5.74, 6) is 1.13. The van der Waals surface area contributed by atoms with Crippen LogP contribution in [0.1, 0.15) is 28.1 Å². The van der Waals surface area contributed by atoms with Crippen LogP contribution in [-0.2, 0) is 24.3 Å². The number of hydrogen-bond acceptors (Lipinski definition) is 5. The molecule has 1 aromatic heterocycles. The average Bonchev–Trinajstić information content (AvgIpc) is 2.99. The number of nitrogens with one attached hydrogen (secondary N) is 1. The number of aromatic nitrogens is 1. The zero-order valence-electron chi connectivity index (χ0n) is 15.5. The highest BCUT2D eigenvalue weighted by molar-refractivity contribution is 5.82. The van der Waals surface area contributed by atoms with Crippen LogP contribution in [0.5, 0.6) is 0 Å². The van der Waals surface area contributed by atoms with Crippen LogP contribution in [0, 0.1) is 13.8 Å². The highest BCUT2D eigenvalue weighted by atomic mass is 16.5. The lowest BCUT2D eigenvalue weighted by molar-refractivity contribution is -0.135. The Morgan fingerprint density at radius 3 is 2.62 bits per heavy atom. The Kier molecular flexibility index (Phi) is 4.78. The van der Waals surface area contributed by atoms with Gasteiger partial charge in [-0.15, -0.1) is 0 Å². The van der Waals surface area contributed by atoms with Crippen LogP contribution in [0.3, 0.4) is 0 Å². The maximum absolute atomic E-state index is 12.9. The van der Waals surface area contributed by atoms with E-state index in [1.165, 1.54) is 16.7 Å². The van der Waals surface area contributed by atoms with Crippen molar-refractivity contribution in [1.29, 1.82) is 0 Å². The van der Waals surface area contributed by atoms with Gasteiger partial charge < -0.3 is 14.7 Å². The molecule has 2 aliphatic heterocycles. The second-order valence-electron chi connectivity index (χ2n) is 7.31. The molecular weight excluding hydrogens is 328 g/mol. The molecule has 0 bridgehead atoms. The van der Waals surface area contributed by atoms with E-state index in [2.05, 4.69) is 39.6 Å². The fourth-order valence-corrected chi connectivity index (χ4v) is 3.93. The van der Waals surface area contributed by atoms with Crippen LogP contribution >= 0.6 is 0 Å². The number of benzene rings is 1. The predicted molar refractivity (Wildman–Crippen MR) is 98.6 cm³/mol. The van der Waals surface area contributed by atoms with Crippen molar-refractivity contribution in [2.24, 2.45) is 0 Å². The molecule has 2 aliphatic rings. The van der Waals surface area contributed by atoms with Crippen molar-refractivity contribution >= 4 is 5.91 Å². The normalized spacial score (nSPS) is 20.8. The Morgan fingerprint density at radius 2 is 1.92 bits per heavy atom. The Bertz CT molecular complexity index is 773. The maximum atomic E-state index is 12.9. The zero-order valence-corrected chi connectivity index (χ0v) is 15.5. The number of rotatable bonds is 3. The van der Waals surface area contributed by atoms with Crippen LogP contribution in [0.25, 0.3) is 0 Å². The molecule has 0 spiro atoms. The summed E-state index contributed by atoms with van der Waals surface area (Å²) in [5.41, 5.74) is 4.74. The number of carbonyl (C=O) groups excluding carboxylic acids is 1. The van der Waals surface area contributed by atoms with Gasteiger partial charge in [-0.3, -0.25) is 9.69 Å². The minimum Gasteiger partial charge on any atom is -0.361 e. The molecule has 0 radical (unpaired) electrons. The van der Waals surface area contributed by atoms with Gasteiger partial charge >= 0.3 is 0 Å². The van der Waals surface area contributed by atoms with Crippen molar-refractivity contribution in [3.8, 4) is 0 Å². The van der Waals surface area contributed by atoms with E-state index in [0.29, 0.717) is 0 Å². The van der Waals surface area contributed by atoms with Gasteiger partial charge in [0.15, 0.2) is 0 Å². The first-order chi connectivity index (χ1) is 12.6. The fraction of sp³-hybridized carbons (Fsp3) is 0.500. The van der Waals surface area contributed by atoms with Gasteiger partial charge in [-0.05, 0) is 31.4 Å². The number of aryl methyl sites for hydroxylation is 2. The molecule has 0 aliphatic carbocycles. The van der Waals surface area contributed by atoms with Crippen molar-refractivity contribution in [2.75, 3.05) is 26.2 Å². The zero-order chi connectivity index (χ0) is 18.1. The number of amides is 1. The summed E-state index contributed by atoms with van der Waals surface area (Å²) in [6.07, 6.45) is 0.786. The van der Waals surface area contributed by atoms with Gasteiger partial charge in [0, 0.05) is 44.8 Å². The van der Waals surface area contributed by atoms with Crippen LogP contribution in [0.4, 0.5) is 0 Å². The van der Waals surface area contributed by atoms with Crippen molar-refractivity contribution < 1.29 is 9.32 Å². The third-order valence-electron chi connectivity index (χ3n) is 5.63. The van der Waals surface area contributed by atoms with Crippen molar-refractivity contribution in [2.45, 2.75) is 39.4 Å². The molecule has 1 saturated heterocycles. The SMILES string of the molecule is Cc1noc(C)c1CN1CCN(C(=O)C2Cc3ccccc3CN2)CC1. The van der Waals surface area contributed by atoms with E-state index >= 15 is 0 Å². The maximum Gasteiger partial charge on any atom is 0.240 e. The van der Waals surface area contributed by atoms with Gasteiger partial charge in [-0.25, -0.2) is 0 Å². The largest absolute Gasteiger partial charge is 0.361 e. The molecule has 1 unspecified atom stereocenters. The Hall–Kier alpha value is -2.18. The van der Waals surface area contributed by atoms with Gasteiger partial charge in [-0.1, -0.05) is 29.4 Å². The van der Waals surface area contributed by atoms with Gasteiger partial charge in [0.25, 0.3) is 0 Å². The quantitative estimate of drug-likeness (QED) is 0.908. The minimum absolute atomic E-state index is 0.0981. The Morgan fingerprint density at radius 1 is 1.19 bits per heavy atom. The summed E-state index contributed by atoms with van der Waals surface area (Å²) in [6.45, 7) is 8.90. The number of fused-ring (bicyclic) bond motifs is 1. The third kappa shape index (κ3) is 3.39. The molecule has 1 amide bonds. The van der Waals surface area contributed by atoms with Crippen LogP contribution in [-0.4, -0.2) is 53.1 Å². The lowest BCUT2D eigenvalue weighted by atomic mass is 9.95. The van der Waals surface area contributed by atoms with Gasteiger partial charge in [0.05, 0.1) is 11.7 Å². The lowest BCUT2D eigenvalue weighted by Crippen LogP contribution is -2.55. The van der Waals surface area contributed by atoms with E-state index < -0.39 is 0 Å². The molecule has 1 atom stereocenters. The monoisotopic (exact) mass is 354 g/mol. The molecule has 1 aromatic carbocycles. The Balaban J connectivity index is 1.33. The molecule has 4 rings (SSSR count). The van der Waals surface area contributed by atoms with Gasteiger partial charge in [0.2, 0.25) is 5.91 Å². The summed E-state index contributed by atoms with van der Waals surface area (Å²) in [4.78, 5) is 17.3. The molecule has 26 heavy (non-hydrogen) atoms. The van der Waals surface area contributed by atoms with E-state index in [1.807, 2.05) is 18.7 Å². The van der Waals surface area contributed by atoms with E-state index in [-0.39, 0.29) is 11.9 Å². The first-order valence-electron chi connectivity index (χ1n) is 9.35. The minimum atomic E-state index is -0.0981. The number of carbonyl (C=O) groups is 1. The number of hydrogen-bond donors (Lipinski definition) is 1. The molecule has 1 fully saturated rings. The smallest absolute Gasteiger partial charge is 0.240 e. The second-order valence-corrected chi connectivity index (χ2v) is 7.31. The highest BCUT2D eigenvalue weighted by Gasteiger charge is 2.30. The fourth-order valence-electron chi connectivity index (χ4n) is 3.93. The van der Waals surface area contributed by atoms with E-state index in [4.69, 9.17) is 4.52 Å². The summed E-state index contributed by atoms with van der Waals surface area (Å²) < 4.78 is 5.25. The first kappa shape index (κ1) is 17.2. The first-order valence-corrected chi connectivity index (χ1v) is 9.35. The summed E-state index contributed by atoms with van der Waals surface area (Å²) in [6, 6.07) is 8.29. The number of piperazine rings is 1. The average molecular weight is 354 g/mol. The van der Waals surface area contributed by atoms with Gasteiger partial charge in [0.1, 0.15) is 5.76 Å². The van der Waals surface area contributed by atoms with Crippen LogP contribution < -0.4 is 5.32 Å². The molecular formula is C20H26N4O2. The van der Waals surface area contributed by atoms with Crippen LogP contribution in [0.15, 0.2) is 28.8 Å². The molecule has 6 nitrogen and oxygen atoms in total.